The molecule has 2 N–H and O–H groups in total. The second-order valence-corrected chi connectivity index (χ2v) is 5.22. The molecule has 1 aliphatic heterocycles. The number of amides is 1. The third-order valence-electron chi connectivity index (χ3n) is 4.01. The van der Waals surface area contributed by atoms with Gasteiger partial charge in [-0.15, -0.1) is 0 Å². The quantitative estimate of drug-likeness (QED) is 0.558. The minimum Gasteiger partial charge on any atom is -0.359 e. The Kier molecular flexibility index (Phi) is 4.44. The van der Waals surface area contributed by atoms with Gasteiger partial charge in [0.05, 0.1) is 0 Å². The molecule has 5 nitrogen and oxygen atoms in total. The number of nitrogens with one attached hydrogen (secondary N) is 2. The van der Waals surface area contributed by atoms with Crippen molar-refractivity contribution in [2.75, 3.05) is 27.2 Å². The van der Waals surface area contributed by atoms with Gasteiger partial charge < -0.3 is 15.5 Å². The number of carbonyl (C=O) groups excluding carboxylic acids is 1. The second kappa shape index (κ2) is 6.07. The number of hydrogen-bond acceptors (Lipinski definition) is 2. The molecular weight excluding hydrogens is 228 g/mol. The van der Waals surface area contributed by atoms with Crippen LogP contribution in [0, 0.1) is 5.92 Å². The van der Waals surface area contributed by atoms with Crippen LogP contribution in [0.2, 0.25) is 0 Å². The minimum absolute atomic E-state index is 0.298. The number of aliphatic imine (C=N–C) groups is 1. The summed E-state index contributed by atoms with van der Waals surface area (Å²) in [5.74, 6) is 1.47. The van der Waals surface area contributed by atoms with Crippen LogP contribution in [0.15, 0.2) is 4.99 Å². The predicted octanol–water partition coefficient (Wildman–Crippen LogP) is 0.572. The summed E-state index contributed by atoms with van der Waals surface area (Å²) in [5, 5.41) is 6.35. The van der Waals surface area contributed by atoms with E-state index in [0.29, 0.717) is 17.9 Å². The van der Waals surface area contributed by atoms with E-state index in [-0.39, 0.29) is 0 Å². The lowest BCUT2D eigenvalue weighted by Crippen LogP contribution is -2.44. The van der Waals surface area contributed by atoms with Crippen LogP contribution in [0.4, 0.5) is 0 Å². The van der Waals surface area contributed by atoms with Crippen LogP contribution < -0.4 is 10.6 Å². The fourth-order valence-electron chi connectivity index (χ4n) is 2.95. The standard InChI is InChI=1S/C13H24N4O/c1-14-13(15-2)16-11-7-8-17(9-11)12(18)10-5-3-4-6-10/h10-11H,3-9H2,1-2H3,(H2,14,15,16). The first-order valence-electron chi connectivity index (χ1n) is 6.94. The van der Waals surface area contributed by atoms with Gasteiger partial charge in [-0.3, -0.25) is 9.79 Å². The number of rotatable bonds is 2. The van der Waals surface area contributed by atoms with Gasteiger partial charge in [-0.1, -0.05) is 12.8 Å². The van der Waals surface area contributed by atoms with Crippen molar-refractivity contribution in [3.8, 4) is 0 Å². The van der Waals surface area contributed by atoms with Gasteiger partial charge in [-0.2, -0.15) is 0 Å². The fourth-order valence-corrected chi connectivity index (χ4v) is 2.95. The van der Waals surface area contributed by atoms with Gasteiger partial charge in [-0.05, 0) is 19.3 Å². The van der Waals surface area contributed by atoms with Crippen molar-refractivity contribution in [3.05, 3.63) is 0 Å². The van der Waals surface area contributed by atoms with Crippen molar-refractivity contribution in [1.82, 2.24) is 15.5 Å². The van der Waals surface area contributed by atoms with Gasteiger partial charge in [0.2, 0.25) is 5.91 Å². The lowest BCUT2D eigenvalue weighted by molar-refractivity contribution is -0.134. The number of carbonyl (C=O) groups is 1. The minimum atomic E-state index is 0.298. The van der Waals surface area contributed by atoms with E-state index in [1.54, 1.807) is 7.05 Å². The van der Waals surface area contributed by atoms with Crippen molar-refractivity contribution >= 4 is 11.9 Å². The number of hydrogen-bond donors (Lipinski definition) is 2. The Morgan fingerprint density at radius 3 is 2.61 bits per heavy atom. The monoisotopic (exact) mass is 252 g/mol. The molecule has 0 bridgehead atoms. The highest BCUT2D eigenvalue weighted by Crippen LogP contribution is 2.27. The molecule has 1 saturated carbocycles. The highest BCUT2D eigenvalue weighted by Gasteiger charge is 2.32. The summed E-state index contributed by atoms with van der Waals surface area (Å²) in [6.45, 7) is 1.70. The Morgan fingerprint density at radius 1 is 1.28 bits per heavy atom. The van der Waals surface area contributed by atoms with Crippen molar-refractivity contribution in [2.45, 2.75) is 38.1 Å². The van der Waals surface area contributed by atoms with Crippen LogP contribution in [0.5, 0.6) is 0 Å². The number of nitrogens with zero attached hydrogens (tertiary/aromatic N) is 2. The maximum absolute atomic E-state index is 12.3. The first kappa shape index (κ1) is 13.2. The first-order valence-corrected chi connectivity index (χ1v) is 6.94. The molecule has 1 saturated heterocycles. The van der Waals surface area contributed by atoms with Crippen molar-refractivity contribution in [2.24, 2.45) is 10.9 Å². The van der Waals surface area contributed by atoms with Crippen LogP contribution in [-0.4, -0.2) is 50.0 Å². The second-order valence-electron chi connectivity index (χ2n) is 5.22. The Labute approximate surface area is 109 Å². The average molecular weight is 252 g/mol. The van der Waals surface area contributed by atoms with Crippen molar-refractivity contribution in [3.63, 3.8) is 0 Å². The normalized spacial score (nSPS) is 25.6. The molecular formula is C13H24N4O. The summed E-state index contributed by atoms with van der Waals surface area (Å²) in [6.07, 6.45) is 5.63. The molecule has 0 aromatic heterocycles. The Hall–Kier alpha value is -1.26. The van der Waals surface area contributed by atoms with E-state index in [4.69, 9.17) is 0 Å². The third-order valence-corrected chi connectivity index (χ3v) is 4.01. The summed E-state index contributed by atoms with van der Waals surface area (Å²) in [4.78, 5) is 18.4. The van der Waals surface area contributed by atoms with E-state index in [1.165, 1.54) is 12.8 Å². The lowest BCUT2D eigenvalue weighted by Gasteiger charge is -2.21. The SMILES string of the molecule is CN=C(NC)NC1CCN(C(=O)C2CCCC2)C1. The molecule has 0 aromatic carbocycles. The van der Waals surface area contributed by atoms with Gasteiger partial charge >= 0.3 is 0 Å². The van der Waals surface area contributed by atoms with Gasteiger partial charge in [0.1, 0.15) is 0 Å². The molecule has 102 valence electrons. The average Bonchev–Trinajstić information content (AvgIpc) is 3.06. The zero-order valence-corrected chi connectivity index (χ0v) is 11.4. The topological polar surface area (TPSA) is 56.7 Å². The molecule has 2 rings (SSSR count). The summed E-state index contributed by atoms with van der Waals surface area (Å²) in [6, 6.07) is 0.335. The molecule has 1 amide bonds. The Bertz CT molecular complexity index is 323. The molecule has 1 heterocycles. The van der Waals surface area contributed by atoms with E-state index < -0.39 is 0 Å². The largest absolute Gasteiger partial charge is 0.359 e. The van der Waals surface area contributed by atoms with Crippen LogP contribution in [0.25, 0.3) is 0 Å². The smallest absolute Gasteiger partial charge is 0.225 e. The molecule has 2 fully saturated rings. The van der Waals surface area contributed by atoms with E-state index in [2.05, 4.69) is 15.6 Å². The molecule has 18 heavy (non-hydrogen) atoms. The molecule has 0 radical (unpaired) electrons. The third kappa shape index (κ3) is 2.94. The zero-order chi connectivity index (χ0) is 13.0. The number of likely N-dealkylation sites (tertiary alicyclic amines) is 1. The van der Waals surface area contributed by atoms with E-state index in [9.17, 15) is 4.79 Å². The van der Waals surface area contributed by atoms with E-state index >= 15 is 0 Å². The zero-order valence-electron chi connectivity index (χ0n) is 11.4. The van der Waals surface area contributed by atoms with Crippen LogP contribution in [0.3, 0.4) is 0 Å². The Balaban J connectivity index is 1.82. The maximum Gasteiger partial charge on any atom is 0.225 e. The molecule has 1 aliphatic carbocycles. The fraction of sp³-hybridized carbons (Fsp3) is 0.846. The van der Waals surface area contributed by atoms with Gasteiger partial charge in [-0.25, -0.2) is 0 Å². The molecule has 2 aliphatic rings. The van der Waals surface area contributed by atoms with Gasteiger partial charge in [0, 0.05) is 39.1 Å². The highest BCUT2D eigenvalue weighted by molar-refractivity contribution is 5.81. The van der Waals surface area contributed by atoms with Gasteiger partial charge in [0.25, 0.3) is 0 Å². The molecule has 0 spiro atoms. The summed E-state index contributed by atoms with van der Waals surface area (Å²) in [7, 11) is 3.61. The Morgan fingerprint density at radius 2 is 2.00 bits per heavy atom. The van der Waals surface area contributed by atoms with Crippen LogP contribution >= 0.6 is 0 Å². The summed E-state index contributed by atoms with van der Waals surface area (Å²) >= 11 is 0. The first-order chi connectivity index (χ1) is 8.74. The van der Waals surface area contributed by atoms with Crippen molar-refractivity contribution < 1.29 is 4.79 Å². The van der Waals surface area contributed by atoms with Crippen LogP contribution in [0.1, 0.15) is 32.1 Å². The predicted molar refractivity (Wildman–Crippen MR) is 72.5 cm³/mol. The molecule has 5 heteroatoms. The van der Waals surface area contributed by atoms with E-state index in [1.807, 2.05) is 11.9 Å². The lowest BCUT2D eigenvalue weighted by atomic mass is 10.1. The molecule has 1 atom stereocenters. The molecule has 0 aromatic rings. The van der Waals surface area contributed by atoms with E-state index in [0.717, 1.165) is 38.3 Å². The maximum atomic E-state index is 12.3. The molecule has 1 unspecified atom stereocenters. The summed E-state index contributed by atoms with van der Waals surface area (Å²) < 4.78 is 0. The van der Waals surface area contributed by atoms with Crippen molar-refractivity contribution in [1.29, 1.82) is 0 Å². The highest BCUT2D eigenvalue weighted by atomic mass is 16.2. The van der Waals surface area contributed by atoms with Gasteiger partial charge in [0.15, 0.2) is 5.96 Å². The number of guanidine groups is 1. The summed E-state index contributed by atoms with van der Waals surface area (Å²) in [5.41, 5.74) is 0. The van der Waals surface area contributed by atoms with Crippen LogP contribution in [-0.2, 0) is 4.79 Å².